The van der Waals surface area contributed by atoms with E-state index in [0.29, 0.717) is 70.4 Å². The summed E-state index contributed by atoms with van der Waals surface area (Å²) in [5, 5.41) is 13.4. The number of rotatable bonds is 12. The molecule has 15 heteroatoms. The molecule has 7 aromatic rings. The number of methoxy groups -OCH3 is 1. The van der Waals surface area contributed by atoms with Crippen LogP contribution in [0.1, 0.15) is 75.7 Å². The normalized spacial score (nSPS) is 22.4. The van der Waals surface area contributed by atoms with E-state index in [0.717, 1.165) is 21.6 Å². The van der Waals surface area contributed by atoms with E-state index in [1.165, 1.54) is 0 Å². The van der Waals surface area contributed by atoms with E-state index in [4.69, 9.17) is 23.7 Å². The lowest BCUT2D eigenvalue weighted by Crippen LogP contribution is -2.59. The maximum atomic E-state index is 17.1. The average Bonchev–Trinajstić information content (AvgIpc) is 4.29. The van der Waals surface area contributed by atoms with E-state index in [1.807, 2.05) is 157 Å². The van der Waals surface area contributed by atoms with E-state index >= 15 is 19.2 Å². The van der Waals surface area contributed by atoms with Gasteiger partial charge in [0.15, 0.2) is 11.5 Å². The van der Waals surface area contributed by atoms with Gasteiger partial charge < -0.3 is 39.0 Å². The summed E-state index contributed by atoms with van der Waals surface area (Å²) in [5.74, 6) is 5.60. The number of aliphatic hydroxyl groups excluding tert-OH is 1. The summed E-state index contributed by atoms with van der Waals surface area (Å²) in [6.07, 6.45) is -0.940. The van der Waals surface area contributed by atoms with Crippen LogP contribution >= 0.6 is 0 Å². The van der Waals surface area contributed by atoms with Crippen molar-refractivity contribution in [1.82, 2.24) is 20.0 Å². The number of fused-ring (bicyclic) bond motifs is 4. The molecule has 5 aliphatic rings. The van der Waals surface area contributed by atoms with Gasteiger partial charge in [-0.3, -0.25) is 24.2 Å². The summed E-state index contributed by atoms with van der Waals surface area (Å²) in [4.78, 5) is 72.3. The molecule has 7 aromatic carbocycles. The quantitative estimate of drug-likeness (QED) is 0.0887. The molecular formula is C65H59N5O10. The first-order valence-corrected chi connectivity index (χ1v) is 27.0. The molecule has 0 radical (unpaired) electrons. The number of benzene rings is 7. The van der Waals surface area contributed by atoms with Crippen molar-refractivity contribution in [3.8, 4) is 34.8 Å². The molecule has 5 heterocycles. The van der Waals surface area contributed by atoms with E-state index < -0.39 is 65.4 Å². The van der Waals surface area contributed by atoms with Crippen LogP contribution in [0.5, 0.6) is 23.0 Å². The molecule has 15 nitrogen and oxygen atoms in total. The third kappa shape index (κ3) is 9.34. The van der Waals surface area contributed by atoms with E-state index in [1.54, 1.807) is 42.3 Å². The van der Waals surface area contributed by atoms with Crippen LogP contribution in [-0.2, 0) is 31.1 Å². The number of nitrogens with zero attached hydrogens (tertiary/aromatic N) is 4. The standard InChI is InChI=1S/C65H59N5O10/c1-42(46-14-6-3-7-15-46)66-64(75)69-52-30-26-44(23-22-43-24-28-49(76-2)29-25-43)38-51(52)65(63(69)74)56(61(72)68-34-32-67(33-35-68)40-45-27-31-54-55(39-45)79-41-78-54)58-62(73)80-59(48-18-10-5-11-19-48)57(47-16-8-4-9-17-47)70(58)60(65)50-20-12-13-21-53(50)77-37-36-71/h3-21,24-31,38-39,42,56-60,71H,32-37,40-41H2,1-2H3,(H,66,75)/t42-,56-,57-,58-,59+,60+,65-/m1/s1. The molecule has 0 aliphatic carbocycles. The fourth-order valence-electron chi connectivity index (χ4n) is 12.4. The van der Waals surface area contributed by atoms with Gasteiger partial charge in [0.2, 0.25) is 18.6 Å². The molecular weight excluding hydrogens is 1010 g/mol. The predicted octanol–water partition coefficient (Wildman–Crippen LogP) is 8.68. The van der Waals surface area contributed by atoms with Gasteiger partial charge in [-0.2, -0.15) is 0 Å². The Morgan fingerprint density at radius 2 is 1.40 bits per heavy atom. The maximum Gasteiger partial charge on any atom is 0.329 e. The minimum absolute atomic E-state index is 0.0998. The van der Waals surface area contributed by atoms with Gasteiger partial charge in [-0.05, 0) is 95.4 Å². The Morgan fingerprint density at radius 1 is 0.738 bits per heavy atom. The summed E-state index contributed by atoms with van der Waals surface area (Å²) in [5.41, 5.74) is 3.44. The third-order valence-corrected chi connectivity index (χ3v) is 16.1. The van der Waals surface area contributed by atoms with E-state index in [-0.39, 0.29) is 38.8 Å². The molecule has 3 fully saturated rings. The molecule has 0 aromatic heterocycles. The average molecular weight is 1070 g/mol. The van der Waals surface area contributed by atoms with Crippen molar-refractivity contribution in [1.29, 1.82) is 0 Å². The highest BCUT2D eigenvalue weighted by atomic mass is 16.7. The van der Waals surface area contributed by atoms with Gasteiger partial charge in [0.1, 0.15) is 35.7 Å². The Balaban J connectivity index is 1.08. The molecule has 1 spiro atoms. The first kappa shape index (κ1) is 51.8. The number of carbonyl (C=O) groups is 4. The number of para-hydroxylation sites is 1. The van der Waals surface area contributed by atoms with Crippen LogP contribution in [0.2, 0.25) is 0 Å². The topological polar surface area (TPSA) is 160 Å². The van der Waals surface area contributed by atoms with Gasteiger partial charge in [0.25, 0.3) is 0 Å². The zero-order valence-corrected chi connectivity index (χ0v) is 44.3. The molecule has 0 unspecified atom stereocenters. The lowest BCUT2D eigenvalue weighted by atomic mass is 9.64. The van der Waals surface area contributed by atoms with Gasteiger partial charge in [0.05, 0.1) is 43.4 Å². The van der Waals surface area contributed by atoms with Gasteiger partial charge in [-0.15, -0.1) is 0 Å². The lowest BCUT2D eigenvalue weighted by Gasteiger charge is -2.46. The van der Waals surface area contributed by atoms with Crippen LogP contribution in [-0.4, -0.2) is 103 Å². The lowest BCUT2D eigenvalue weighted by molar-refractivity contribution is -0.179. The minimum atomic E-state index is -2.07. The van der Waals surface area contributed by atoms with Crippen molar-refractivity contribution in [2.24, 2.45) is 5.92 Å². The van der Waals surface area contributed by atoms with Crippen LogP contribution in [0.4, 0.5) is 10.5 Å². The Kier molecular flexibility index (Phi) is 14.3. The molecule has 7 atom stereocenters. The summed E-state index contributed by atoms with van der Waals surface area (Å²) in [6, 6.07) is 49.6. The summed E-state index contributed by atoms with van der Waals surface area (Å²) in [6.45, 7) is 3.65. The zero-order valence-electron chi connectivity index (χ0n) is 44.3. The zero-order chi connectivity index (χ0) is 54.9. The molecule has 0 bridgehead atoms. The number of imide groups is 1. The van der Waals surface area contributed by atoms with Gasteiger partial charge >= 0.3 is 12.0 Å². The summed E-state index contributed by atoms with van der Waals surface area (Å²) in [7, 11) is 1.60. The number of urea groups is 1. The Morgan fingerprint density at radius 3 is 2.12 bits per heavy atom. The number of esters is 1. The van der Waals surface area contributed by atoms with Crippen molar-refractivity contribution in [3.05, 3.63) is 220 Å². The molecule has 3 saturated heterocycles. The molecule has 4 amide bonds. The van der Waals surface area contributed by atoms with Crippen LogP contribution in [0, 0.1) is 17.8 Å². The van der Waals surface area contributed by atoms with E-state index in [9.17, 15) is 5.11 Å². The van der Waals surface area contributed by atoms with Crippen molar-refractivity contribution in [2.45, 2.75) is 49.2 Å². The molecule has 0 saturated carbocycles. The summed E-state index contributed by atoms with van der Waals surface area (Å²) < 4.78 is 29.9. The minimum Gasteiger partial charge on any atom is -0.497 e. The van der Waals surface area contributed by atoms with Gasteiger partial charge in [-0.1, -0.05) is 127 Å². The number of ether oxygens (including phenoxy) is 5. The second kappa shape index (κ2) is 22.1. The number of hydrogen-bond acceptors (Lipinski definition) is 12. The third-order valence-electron chi connectivity index (χ3n) is 16.1. The second-order valence-corrected chi connectivity index (χ2v) is 20.6. The number of nitrogens with one attached hydrogen (secondary N) is 1. The number of aliphatic hydroxyl groups is 1. The molecule has 80 heavy (non-hydrogen) atoms. The number of morpholine rings is 1. The van der Waals surface area contributed by atoms with Crippen molar-refractivity contribution in [3.63, 3.8) is 0 Å². The number of cyclic esters (lactones) is 1. The largest absolute Gasteiger partial charge is 0.497 e. The van der Waals surface area contributed by atoms with Crippen LogP contribution in [0.25, 0.3) is 0 Å². The Hall–Kier alpha value is -8.94. The predicted molar refractivity (Wildman–Crippen MR) is 298 cm³/mol. The van der Waals surface area contributed by atoms with Crippen LogP contribution < -0.4 is 29.2 Å². The van der Waals surface area contributed by atoms with Gasteiger partial charge in [-0.25, -0.2) is 9.69 Å². The molecule has 2 N–H and O–H groups in total. The Bertz CT molecular complexity index is 3510. The highest BCUT2D eigenvalue weighted by molar-refractivity contribution is 6.25. The number of piperazine rings is 1. The molecule has 5 aliphatic heterocycles. The number of hydrogen-bond donors (Lipinski definition) is 2. The summed E-state index contributed by atoms with van der Waals surface area (Å²) >= 11 is 0. The molecule has 404 valence electrons. The highest BCUT2D eigenvalue weighted by Crippen LogP contribution is 2.67. The SMILES string of the molecule is COc1ccc(C#Cc2ccc3c(c2)[C@]2(C(=O)N3C(=O)N[C@H](C)c3ccccc3)[C@H](c3ccccc3OCCO)N3[C@H](c4ccccc4)[C@H](c4ccccc4)OC(=O)[C@H]3[C@@H]2C(=O)N2CCN(Cc3ccc4c(c3)OCO4)CC2)cc1. The highest BCUT2D eigenvalue weighted by Gasteiger charge is 2.76. The first-order valence-electron chi connectivity index (χ1n) is 27.0. The van der Waals surface area contributed by atoms with Crippen molar-refractivity contribution in [2.75, 3.05) is 58.2 Å². The second-order valence-electron chi connectivity index (χ2n) is 20.6. The maximum absolute atomic E-state index is 17.1. The number of amides is 4. The van der Waals surface area contributed by atoms with Gasteiger partial charge in [0, 0.05) is 49.4 Å². The van der Waals surface area contributed by atoms with Crippen molar-refractivity contribution < 1.29 is 48.0 Å². The Labute approximate surface area is 464 Å². The monoisotopic (exact) mass is 1070 g/mol. The fourth-order valence-corrected chi connectivity index (χ4v) is 12.4. The first-order chi connectivity index (χ1) is 39.2. The number of carbonyl (C=O) groups excluding carboxylic acids is 4. The molecule has 12 rings (SSSR count). The number of anilines is 1. The van der Waals surface area contributed by atoms with Crippen LogP contribution in [0.3, 0.4) is 0 Å². The van der Waals surface area contributed by atoms with Crippen molar-refractivity contribution >= 4 is 29.5 Å². The fraction of sp³-hybridized carbons (Fsp3) is 0.262. The van der Waals surface area contributed by atoms with Crippen LogP contribution in [0.15, 0.2) is 176 Å². The smallest absolute Gasteiger partial charge is 0.329 e. The van der Waals surface area contributed by atoms with E-state index in [2.05, 4.69) is 22.1 Å².